The van der Waals surface area contributed by atoms with Gasteiger partial charge in [0.15, 0.2) is 10.8 Å². The number of carbonyl (C=O) groups is 1. The molecule has 0 aliphatic carbocycles. The fourth-order valence-electron chi connectivity index (χ4n) is 3.12. The summed E-state index contributed by atoms with van der Waals surface area (Å²) in [5, 5.41) is 17.2. The first-order valence-corrected chi connectivity index (χ1v) is 10.4. The molecule has 3 rings (SSSR count). The minimum Gasteiger partial charge on any atom is -0.343 e. The molecule has 2 N–H and O–H groups in total. The molecule has 8 heteroatoms. The van der Waals surface area contributed by atoms with Crippen LogP contribution in [0.25, 0.3) is 16.7 Å². The van der Waals surface area contributed by atoms with Crippen molar-refractivity contribution in [2.45, 2.75) is 39.8 Å². The van der Waals surface area contributed by atoms with E-state index in [1.807, 2.05) is 39.0 Å². The number of nitrogens with one attached hydrogen (secondary N) is 2. The fourth-order valence-corrected chi connectivity index (χ4v) is 4.04. The summed E-state index contributed by atoms with van der Waals surface area (Å²) in [6, 6.07) is 6.07. The van der Waals surface area contributed by atoms with E-state index in [2.05, 4.69) is 29.0 Å². The predicted molar refractivity (Wildman–Crippen MR) is 112 cm³/mol. The van der Waals surface area contributed by atoms with E-state index in [4.69, 9.17) is 5.41 Å². The molecule has 0 bridgehead atoms. The van der Waals surface area contributed by atoms with Crippen LogP contribution in [-0.4, -0.2) is 49.4 Å². The van der Waals surface area contributed by atoms with E-state index in [-0.39, 0.29) is 11.7 Å². The Morgan fingerprint density at radius 2 is 1.93 bits per heavy atom. The molecule has 0 aliphatic heterocycles. The number of amides is 1. The summed E-state index contributed by atoms with van der Waals surface area (Å²) in [4.78, 5) is 18.9. The molecule has 28 heavy (non-hydrogen) atoms. The maximum Gasteiger partial charge on any atom is 0.233 e. The monoisotopic (exact) mass is 398 g/mol. The van der Waals surface area contributed by atoms with E-state index in [9.17, 15) is 4.79 Å². The van der Waals surface area contributed by atoms with E-state index in [1.165, 1.54) is 17.3 Å². The number of aromatic amines is 1. The lowest BCUT2D eigenvalue weighted by Crippen LogP contribution is -2.32. The third-order valence-corrected chi connectivity index (χ3v) is 5.89. The SMILES string of the molecule is CCN(CC)C(=O)CSc1nc2n[nH]c(C)c2c(=N)n1-c1ccc(C)c(C)c1. The van der Waals surface area contributed by atoms with Crippen LogP contribution >= 0.6 is 11.8 Å². The van der Waals surface area contributed by atoms with Crippen LogP contribution in [0.1, 0.15) is 30.7 Å². The van der Waals surface area contributed by atoms with E-state index >= 15 is 0 Å². The van der Waals surface area contributed by atoms with Gasteiger partial charge in [-0.15, -0.1) is 0 Å². The Kier molecular flexibility index (Phi) is 5.88. The second kappa shape index (κ2) is 8.18. The molecule has 0 saturated heterocycles. The first kappa shape index (κ1) is 20.1. The van der Waals surface area contributed by atoms with Gasteiger partial charge < -0.3 is 4.90 Å². The quantitative estimate of drug-likeness (QED) is 0.493. The highest BCUT2D eigenvalue weighted by atomic mass is 32.2. The van der Waals surface area contributed by atoms with Crippen LogP contribution in [0.5, 0.6) is 0 Å². The molecule has 0 fully saturated rings. The highest BCUT2D eigenvalue weighted by molar-refractivity contribution is 7.99. The van der Waals surface area contributed by atoms with Crippen molar-refractivity contribution in [3.63, 3.8) is 0 Å². The summed E-state index contributed by atoms with van der Waals surface area (Å²) in [6.07, 6.45) is 0. The largest absolute Gasteiger partial charge is 0.343 e. The van der Waals surface area contributed by atoms with Crippen molar-refractivity contribution in [2.24, 2.45) is 0 Å². The highest BCUT2D eigenvalue weighted by Crippen LogP contribution is 2.23. The number of aryl methyl sites for hydroxylation is 3. The molecular weight excluding hydrogens is 372 g/mol. The van der Waals surface area contributed by atoms with Crippen molar-refractivity contribution < 1.29 is 4.79 Å². The highest BCUT2D eigenvalue weighted by Gasteiger charge is 2.18. The van der Waals surface area contributed by atoms with Gasteiger partial charge in [0, 0.05) is 24.5 Å². The molecule has 2 heterocycles. The van der Waals surface area contributed by atoms with Gasteiger partial charge in [0.2, 0.25) is 5.91 Å². The Bertz CT molecular complexity index is 1080. The summed E-state index contributed by atoms with van der Waals surface area (Å²) < 4.78 is 1.80. The van der Waals surface area contributed by atoms with Crippen molar-refractivity contribution in [3.05, 3.63) is 40.5 Å². The molecule has 0 atom stereocenters. The van der Waals surface area contributed by atoms with Crippen LogP contribution in [0.4, 0.5) is 0 Å². The molecule has 1 amide bonds. The average Bonchev–Trinajstić information content (AvgIpc) is 3.04. The second-order valence-electron chi connectivity index (χ2n) is 6.75. The maximum atomic E-state index is 12.5. The number of carbonyl (C=O) groups excluding carboxylic acids is 1. The number of hydrogen-bond donors (Lipinski definition) is 2. The summed E-state index contributed by atoms with van der Waals surface area (Å²) in [7, 11) is 0. The van der Waals surface area contributed by atoms with Gasteiger partial charge in [-0.1, -0.05) is 17.8 Å². The van der Waals surface area contributed by atoms with Crippen molar-refractivity contribution >= 4 is 28.7 Å². The summed E-state index contributed by atoms with van der Waals surface area (Å²) in [5.41, 5.74) is 4.82. The van der Waals surface area contributed by atoms with Crippen LogP contribution < -0.4 is 5.49 Å². The lowest BCUT2D eigenvalue weighted by atomic mass is 10.1. The minimum absolute atomic E-state index is 0.0632. The van der Waals surface area contributed by atoms with Crippen molar-refractivity contribution in [1.29, 1.82) is 5.41 Å². The number of nitrogens with zero attached hydrogens (tertiary/aromatic N) is 4. The van der Waals surface area contributed by atoms with Crippen LogP contribution in [0.2, 0.25) is 0 Å². The van der Waals surface area contributed by atoms with E-state index in [0.717, 1.165) is 16.9 Å². The first-order chi connectivity index (χ1) is 13.4. The van der Waals surface area contributed by atoms with Crippen LogP contribution in [0, 0.1) is 26.2 Å². The third kappa shape index (κ3) is 3.69. The Balaban J connectivity index is 2.11. The summed E-state index contributed by atoms with van der Waals surface area (Å²) in [6.45, 7) is 11.3. The first-order valence-electron chi connectivity index (χ1n) is 9.37. The molecule has 0 radical (unpaired) electrons. The molecule has 0 aliphatic rings. The van der Waals surface area contributed by atoms with Crippen molar-refractivity contribution in [3.8, 4) is 5.69 Å². The number of rotatable bonds is 6. The zero-order valence-corrected chi connectivity index (χ0v) is 17.8. The van der Waals surface area contributed by atoms with E-state index in [1.54, 1.807) is 9.47 Å². The lowest BCUT2D eigenvalue weighted by Gasteiger charge is -2.19. The minimum atomic E-state index is 0.0632. The molecule has 1 aromatic carbocycles. The number of fused-ring (bicyclic) bond motifs is 1. The van der Waals surface area contributed by atoms with E-state index < -0.39 is 0 Å². The Labute approximate surface area is 168 Å². The van der Waals surface area contributed by atoms with Crippen molar-refractivity contribution in [1.82, 2.24) is 24.6 Å². The summed E-state index contributed by atoms with van der Waals surface area (Å²) >= 11 is 1.34. The lowest BCUT2D eigenvalue weighted by molar-refractivity contribution is -0.127. The number of thioether (sulfide) groups is 1. The molecule has 0 saturated carbocycles. The van der Waals surface area contributed by atoms with Gasteiger partial charge >= 0.3 is 0 Å². The van der Waals surface area contributed by atoms with Gasteiger partial charge in [-0.05, 0) is 57.9 Å². The standard InChI is InChI=1S/C20H26N6OS/c1-6-25(7-2)16(27)11-28-20-22-19-17(14(5)23-24-19)18(21)26(20)15-9-8-12(3)13(4)10-15/h8-10,21H,6-7,11H2,1-5H3,(H,23,24). The second-order valence-corrected chi connectivity index (χ2v) is 7.69. The number of hydrogen-bond acceptors (Lipinski definition) is 5. The molecular formula is C20H26N6OS. The number of aromatic nitrogens is 4. The molecule has 0 spiro atoms. The Morgan fingerprint density at radius 1 is 1.21 bits per heavy atom. The average molecular weight is 399 g/mol. The van der Waals surface area contributed by atoms with Gasteiger partial charge in [0.1, 0.15) is 5.49 Å². The van der Waals surface area contributed by atoms with Gasteiger partial charge in [0.25, 0.3) is 0 Å². The van der Waals surface area contributed by atoms with Crippen molar-refractivity contribution in [2.75, 3.05) is 18.8 Å². The Morgan fingerprint density at radius 3 is 2.57 bits per heavy atom. The Hall–Kier alpha value is -2.61. The molecule has 3 aromatic rings. The molecule has 2 aromatic heterocycles. The van der Waals surface area contributed by atoms with E-state index in [0.29, 0.717) is 34.8 Å². The third-order valence-electron chi connectivity index (χ3n) is 4.97. The zero-order valence-electron chi connectivity index (χ0n) is 17.0. The molecule has 0 unspecified atom stereocenters. The topological polar surface area (TPSA) is 90.7 Å². The fraction of sp³-hybridized carbons (Fsp3) is 0.400. The normalized spacial score (nSPS) is 11.2. The molecule has 148 valence electrons. The van der Waals surface area contributed by atoms with Crippen LogP contribution in [0.15, 0.2) is 23.4 Å². The molecule has 7 nitrogen and oxygen atoms in total. The van der Waals surface area contributed by atoms with Gasteiger partial charge in [-0.25, -0.2) is 4.98 Å². The maximum absolute atomic E-state index is 12.5. The van der Waals surface area contributed by atoms with Crippen LogP contribution in [0.3, 0.4) is 0 Å². The van der Waals surface area contributed by atoms with Gasteiger partial charge in [-0.3, -0.25) is 19.9 Å². The zero-order chi connectivity index (χ0) is 20.4. The van der Waals surface area contributed by atoms with Gasteiger partial charge in [-0.2, -0.15) is 5.10 Å². The predicted octanol–water partition coefficient (Wildman–Crippen LogP) is 3.11. The smallest absolute Gasteiger partial charge is 0.233 e. The van der Waals surface area contributed by atoms with Crippen LogP contribution in [-0.2, 0) is 4.79 Å². The summed E-state index contributed by atoms with van der Waals surface area (Å²) in [5.74, 6) is 0.335. The van der Waals surface area contributed by atoms with Gasteiger partial charge in [0.05, 0.1) is 11.1 Å². The number of benzene rings is 1. The number of H-pyrrole nitrogens is 1.